The Balaban J connectivity index is 2.56. The van der Waals surface area contributed by atoms with E-state index < -0.39 is 11.5 Å². The van der Waals surface area contributed by atoms with E-state index in [0.29, 0.717) is 18.4 Å². The van der Waals surface area contributed by atoms with E-state index in [1.807, 2.05) is 0 Å². The van der Waals surface area contributed by atoms with Gasteiger partial charge in [-0.25, -0.2) is 8.78 Å². The number of ether oxygens (including phenoxy) is 1. The number of alkyl halides is 2. The van der Waals surface area contributed by atoms with Gasteiger partial charge in [-0.2, -0.15) is 0 Å². The van der Waals surface area contributed by atoms with E-state index in [0.717, 1.165) is 6.92 Å². The summed E-state index contributed by atoms with van der Waals surface area (Å²) < 4.78 is 31.7. The predicted molar refractivity (Wildman–Crippen MR) is 55.7 cm³/mol. The molecule has 1 N–H and O–H groups in total. The molecule has 0 saturated heterocycles. The van der Waals surface area contributed by atoms with Crippen LogP contribution >= 0.6 is 0 Å². The molecule has 2 nitrogen and oxygen atoms in total. The van der Waals surface area contributed by atoms with Gasteiger partial charge in [0.2, 0.25) is 0 Å². The molecule has 1 aliphatic carbocycles. The Morgan fingerprint density at radius 1 is 1.38 bits per heavy atom. The zero-order valence-electron chi connectivity index (χ0n) is 9.26. The second-order valence-corrected chi connectivity index (χ2v) is 4.31. The number of methoxy groups -OCH3 is 1. The number of para-hydroxylation sites is 1. The molecular weight excluding hydrogens is 214 g/mol. The molecule has 1 aliphatic rings. The monoisotopic (exact) mass is 228 g/mol. The molecule has 0 heterocycles. The predicted octanol–water partition coefficient (Wildman–Crippen LogP) is 2.79. The van der Waals surface area contributed by atoms with E-state index in [2.05, 4.69) is 0 Å². The molecule has 0 unspecified atom stereocenters. The molecule has 16 heavy (non-hydrogen) atoms. The molecule has 0 aliphatic heterocycles. The fraction of sp³-hybridized carbons (Fsp3) is 0.500. The van der Waals surface area contributed by atoms with Gasteiger partial charge in [0.15, 0.2) is 0 Å². The van der Waals surface area contributed by atoms with Crippen LogP contribution in [0.5, 0.6) is 5.75 Å². The lowest BCUT2D eigenvalue weighted by molar-refractivity contribution is 0.0145. The molecule has 1 saturated carbocycles. The van der Waals surface area contributed by atoms with E-state index in [1.165, 1.54) is 19.2 Å². The standard InChI is InChI=1S/C12H14F2O2/c1-11(13,14)8-4-3-5-9(10(8)16-2)12(15)6-7-12/h3-5,15H,6-7H2,1-2H3. The van der Waals surface area contributed by atoms with Gasteiger partial charge in [0.25, 0.3) is 5.92 Å². The number of hydrogen-bond acceptors (Lipinski definition) is 2. The number of benzene rings is 1. The maximum Gasteiger partial charge on any atom is 0.274 e. The van der Waals surface area contributed by atoms with Gasteiger partial charge in [0, 0.05) is 12.5 Å². The van der Waals surface area contributed by atoms with E-state index in [9.17, 15) is 13.9 Å². The maximum atomic E-state index is 13.3. The molecule has 88 valence electrons. The Kier molecular flexibility index (Phi) is 2.42. The van der Waals surface area contributed by atoms with Crippen LogP contribution in [0.1, 0.15) is 30.9 Å². The van der Waals surface area contributed by atoms with Crippen LogP contribution in [0.2, 0.25) is 0 Å². The quantitative estimate of drug-likeness (QED) is 0.862. The molecule has 1 aromatic carbocycles. The number of rotatable bonds is 3. The lowest BCUT2D eigenvalue weighted by Crippen LogP contribution is -2.14. The van der Waals surface area contributed by atoms with Crippen molar-refractivity contribution in [3.63, 3.8) is 0 Å². The molecule has 1 fully saturated rings. The van der Waals surface area contributed by atoms with Crippen molar-refractivity contribution in [1.29, 1.82) is 0 Å². The van der Waals surface area contributed by atoms with Crippen molar-refractivity contribution >= 4 is 0 Å². The molecule has 0 atom stereocenters. The third-order valence-electron chi connectivity index (χ3n) is 2.92. The van der Waals surface area contributed by atoms with Crippen LogP contribution < -0.4 is 4.74 Å². The Morgan fingerprint density at radius 3 is 2.44 bits per heavy atom. The van der Waals surface area contributed by atoms with Gasteiger partial charge in [0.05, 0.1) is 18.3 Å². The van der Waals surface area contributed by atoms with Crippen LogP contribution in [0, 0.1) is 0 Å². The van der Waals surface area contributed by atoms with Gasteiger partial charge < -0.3 is 9.84 Å². The van der Waals surface area contributed by atoms with Crippen molar-refractivity contribution in [3.05, 3.63) is 29.3 Å². The zero-order valence-corrected chi connectivity index (χ0v) is 9.26. The fourth-order valence-corrected chi connectivity index (χ4v) is 1.86. The normalized spacial score (nSPS) is 18.3. The van der Waals surface area contributed by atoms with Gasteiger partial charge >= 0.3 is 0 Å². The highest BCUT2D eigenvalue weighted by atomic mass is 19.3. The minimum atomic E-state index is -2.97. The largest absolute Gasteiger partial charge is 0.496 e. The molecule has 4 heteroatoms. The first-order chi connectivity index (χ1) is 7.38. The van der Waals surface area contributed by atoms with Crippen LogP contribution in [-0.4, -0.2) is 12.2 Å². The molecule has 0 radical (unpaired) electrons. The summed E-state index contributed by atoms with van der Waals surface area (Å²) in [7, 11) is 1.35. The Bertz CT molecular complexity index is 382. The second-order valence-electron chi connectivity index (χ2n) is 4.31. The Labute approximate surface area is 92.9 Å². The van der Waals surface area contributed by atoms with Gasteiger partial charge in [0.1, 0.15) is 5.75 Å². The summed E-state index contributed by atoms with van der Waals surface area (Å²) in [5.74, 6) is -2.86. The molecule has 1 aromatic rings. The van der Waals surface area contributed by atoms with Crippen molar-refractivity contribution in [3.8, 4) is 5.75 Å². The second kappa shape index (κ2) is 3.42. The highest BCUT2D eigenvalue weighted by Crippen LogP contribution is 2.51. The van der Waals surface area contributed by atoms with E-state index in [4.69, 9.17) is 4.74 Å². The first-order valence-corrected chi connectivity index (χ1v) is 5.17. The molecule has 0 amide bonds. The third kappa shape index (κ3) is 1.78. The van der Waals surface area contributed by atoms with E-state index in [1.54, 1.807) is 6.07 Å². The molecule has 2 rings (SSSR count). The van der Waals surface area contributed by atoms with E-state index in [-0.39, 0.29) is 11.3 Å². The van der Waals surface area contributed by atoms with Crippen molar-refractivity contribution in [2.75, 3.05) is 7.11 Å². The highest BCUT2D eigenvalue weighted by molar-refractivity contribution is 5.48. The summed E-state index contributed by atoms with van der Waals surface area (Å²) in [6.45, 7) is 0.825. The van der Waals surface area contributed by atoms with Crippen molar-refractivity contribution in [2.24, 2.45) is 0 Å². The first kappa shape index (κ1) is 11.3. The molecule has 0 aromatic heterocycles. The number of halogens is 2. The smallest absolute Gasteiger partial charge is 0.274 e. The average Bonchev–Trinajstić information content (AvgIpc) is 2.95. The molecule has 0 bridgehead atoms. The van der Waals surface area contributed by atoms with Crippen LogP contribution in [-0.2, 0) is 11.5 Å². The summed E-state index contributed by atoms with van der Waals surface area (Å²) in [5, 5.41) is 9.98. The topological polar surface area (TPSA) is 29.5 Å². The average molecular weight is 228 g/mol. The molecular formula is C12H14F2O2. The zero-order chi connectivity index (χ0) is 12.0. The lowest BCUT2D eigenvalue weighted by Gasteiger charge is -2.20. The van der Waals surface area contributed by atoms with Crippen LogP contribution in [0.3, 0.4) is 0 Å². The Morgan fingerprint density at radius 2 is 2.00 bits per heavy atom. The van der Waals surface area contributed by atoms with Crippen LogP contribution in [0.25, 0.3) is 0 Å². The number of hydrogen-bond donors (Lipinski definition) is 1. The van der Waals surface area contributed by atoms with Crippen molar-refractivity contribution in [2.45, 2.75) is 31.3 Å². The summed E-state index contributed by atoms with van der Waals surface area (Å²) in [5.41, 5.74) is -0.672. The summed E-state index contributed by atoms with van der Waals surface area (Å²) >= 11 is 0. The third-order valence-corrected chi connectivity index (χ3v) is 2.92. The fourth-order valence-electron chi connectivity index (χ4n) is 1.86. The van der Waals surface area contributed by atoms with Gasteiger partial charge in [-0.1, -0.05) is 12.1 Å². The van der Waals surface area contributed by atoms with E-state index >= 15 is 0 Å². The lowest BCUT2D eigenvalue weighted by atomic mass is 9.99. The van der Waals surface area contributed by atoms with Crippen LogP contribution in [0.15, 0.2) is 18.2 Å². The maximum absolute atomic E-state index is 13.3. The van der Waals surface area contributed by atoms with Gasteiger partial charge in [-0.3, -0.25) is 0 Å². The first-order valence-electron chi connectivity index (χ1n) is 5.17. The van der Waals surface area contributed by atoms with Gasteiger partial charge in [-0.05, 0) is 18.9 Å². The van der Waals surface area contributed by atoms with Gasteiger partial charge in [-0.15, -0.1) is 0 Å². The summed E-state index contributed by atoms with van der Waals surface area (Å²) in [6.07, 6.45) is 1.20. The van der Waals surface area contributed by atoms with Crippen LogP contribution in [0.4, 0.5) is 8.78 Å². The number of aliphatic hydroxyl groups is 1. The highest BCUT2D eigenvalue weighted by Gasteiger charge is 2.45. The SMILES string of the molecule is COc1c(C(C)(F)F)cccc1C1(O)CC1. The minimum Gasteiger partial charge on any atom is -0.496 e. The molecule has 0 spiro atoms. The van der Waals surface area contributed by atoms with Crippen molar-refractivity contribution < 1.29 is 18.6 Å². The summed E-state index contributed by atoms with van der Waals surface area (Å²) in [6, 6.07) is 4.50. The minimum absolute atomic E-state index is 0.106. The van der Waals surface area contributed by atoms with Crippen molar-refractivity contribution in [1.82, 2.24) is 0 Å². The Hall–Kier alpha value is -1.16. The summed E-state index contributed by atoms with van der Waals surface area (Å²) in [4.78, 5) is 0.